The molecular weight excluding hydrogens is 240 g/mol. The molecule has 0 radical (unpaired) electrons. The van der Waals surface area contributed by atoms with Crippen LogP contribution in [0.4, 0.5) is 4.79 Å². The van der Waals surface area contributed by atoms with Crippen LogP contribution in [-0.4, -0.2) is 53.8 Å². The van der Waals surface area contributed by atoms with Gasteiger partial charge in [-0.1, -0.05) is 0 Å². The molecule has 1 aliphatic rings. The summed E-state index contributed by atoms with van der Waals surface area (Å²) >= 11 is 0. The molecule has 0 atom stereocenters. The predicted octanol–water partition coefficient (Wildman–Crippen LogP) is -2.52. The fourth-order valence-corrected chi connectivity index (χ4v) is 1.66. The monoisotopic (exact) mass is 258 g/mol. The first-order chi connectivity index (χ1) is 8.58. The number of urea groups is 1. The second kappa shape index (κ2) is 6.77. The summed E-state index contributed by atoms with van der Waals surface area (Å²) in [5, 5.41) is 0. The molecule has 0 aromatic rings. The zero-order valence-corrected chi connectivity index (χ0v) is 10.0. The first-order valence-electron chi connectivity index (χ1n) is 5.61. The Labute approximate surface area is 104 Å². The lowest BCUT2D eigenvalue weighted by Crippen LogP contribution is -2.38. The number of rotatable bonds is 6. The number of nitrogens with zero attached hydrogens (tertiary/aromatic N) is 2. The molecule has 6 N–H and O–H groups in total. The van der Waals surface area contributed by atoms with Gasteiger partial charge in [-0.05, 0) is 0 Å². The second-order valence-electron chi connectivity index (χ2n) is 3.89. The van der Waals surface area contributed by atoms with Crippen LogP contribution in [0.5, 0.6) is 0 Å². The second-order valence-corrected chi connectivity index (χ2v) is 3.89. The summed E-state index contributed by atoms with van der Waals surface area (Å²) in [5.41, 5.74) is 4.01. The van der Waals surface area contributed by atoms with Crippen molar-refractivity contribution in [3.05, 3.63) is 0 Å². The average Bonchev–Trinajstić information content (AvgIpc) is 2.74. The van der Waals surface area contributed by atoms with Crippen molar-refractivity contribution in [2.24, 2.45) is 11.7 Å². The summed E-state index contributed by atoms with van der Waals surface area (Å²) < 4.78 is 0. The number of hydrazine groups is 2. The van der Waals surface area contributed by atoms with Crippen molar-refractivity contribution in [1.29, 1.82) is 0 Å². The third-order valence-electron chi connectivity index (χ3n) is 2.72. The van der Waals surface area contributed by atoms with Gasteiger partial charge < -0.3 is 9.80 Å². The summed E-state index contributed by atoms with van der Waals surface area (Å²) in [5.74, 6) is 9.26. The Balaban J connectivity index is 2.32. The highest BCUT2D eigenvalue weighted by Gasteiger charge is 2.28. The van der Waals surface area contributed by atoms with Crippen molar-refractivity contribution in [3.63, 3.8) is 0 Å². The minimum atomic E-state index is -0.316. The van der Waals surface area contributed by atoms with Gasteiger partial charge in [0.1, 0.15) is 0 Å². The molecule has 9 heteroatoms. The summed E-state index contributed by atoms with van der Waals surface area (Å²) in [6.45, 7) is 1.73. The molecule has 1 heterocycles. The quantitative estimate of drug-likeness (QED) is 0.237. The van der Waals surface area contributed by atoms with E-state index in [4.69, 9.17) is 11.7 Å². The lowest BCUT2D eigenvalue weighted by molar-refractivity contribution is -0.122. The van der Waals surface area contributed by atoms with Gasteiger partial charge in [0.2, 0.25) is 11.8 Å². The summed E-state index contributed by atoms with van der Waals surface area (Å²) in [7, 11) is 0. The number of nitrogens with one attached hydrogen (secondary N) is 2. The number of hydrogen-bond acceptors (Lipinski definition) is 5. The fourth-order valence-electron chi connectivity index (χ4n) is 1.66. The molecule has 1 saturated heterocycles. The lowest BCUT2D eigenvalue weighted by atomic mass is 10.4. The Morgan fingerprint density at radius 3 is 1.72 bits per heavy atom. The van der Waals surface area contributed by atoms with Crippen molar-refractivity contribution in [2.75, 3.05) is 26.2 Å². The van der Waals surface area contributed by atoms with Gasteiger partial charge in [0, 0.05) is 39.0 Å². The Hall–Kier alpha value is -1.87. The first-order valence-corrected chi connectivity index (χ1v) is 5.61. The molecule has 0 bridgehead atoms. The van der Waals surface area contributed by atoms with Crippen LogP contribution in [0.25, 0.3) is 0 Å². The molecule has 1 aliphatic heterocycles. The maximum Gasteiger partial charge on any atom is 0.320 e. The Morgan fingerprint density at radius 1 is 1.00 bits per heavy atom. The smallest absolute Gasteiger partial charge is 0.320 e. The van der Waals surface area contributed by atoms with Crippen LogP contribution >= 0.6 is 0 Å². The molecule has 0 spiro atoms. The standard InChI is InChI=1S/C9H18N6O3/c10-12-7(16)1-3-14-5-6-15(9(14)18)4-2-8(17)13-11/h1-6,10-11H2,(H,12,16)(H,13,17). The highest BCUT2D eigenvalue weighted by atomic mass is 16.2. The SMILES string of the molecule is NNC(=O)CCN1CCN(CCC(=O)NN)C1=O. The van der Waals surface area contributed by atoms with E-state index in [2.05, 4.69) is 0 Å². The third kappa shape index (κ3) is 3.86. The minimum Gasteiger partial charge on any atom is -0.322 e. The average molecular weight is 258 g/mol. The number of nitrogens with two attached hydrogens (primary N) is 2. The normalized spacial score (nSPS) is 14.9. The molecule has 102 valence electrons. The van der Waals surface area contributed by atoms with Crippen molar-refractivity contribution in [1.82, 2.24) is 20.7 Å². The highest BCUT2D eigenvalue weighted by Crippen LogP contribution is 2.09. The molecule has 18 heavy (non-hydrogen) atoms. The van der Waals surface area contributed by atoms with E-state index in [-0.39, 0.29) is 30.7 Å². The molecule has 4 amide bonds. The van der Waals surface area contributed by atoms with Gasteiger partial charge in [-0.25, -0.2) is 16.5 Å². The van der Waals surface area contributed by atoms with E-state index in [1.54, 1.807) is 9.80 Å². The molecular formula is C9H18N6O3. The molecule has 0 unspecified atom stereocenters. The number of carbonyl (C=O) groups excluding carboxylic acids is 3. The van der Waals surface area contributed by atoms with E-state index >= 15 is 0 Å². The van der Waals surface area contributed by atoms with E-state index in [0.29, 0.717) is 26.2 Å². The van der Waals surface area contributed by atoms with Crippen molar-refractivity contribution in [2.45, 2.75) is 12.8 Å². The molecule has 0 aromatic heterocycles. The number of hydrogen-bond donors (Lipinski definition) is 4. The van der Waals surface area contributed by atoms with Crippen LogP contribution in [0, 0.1) is 0 Å². The fraction of sp³-hybridized carbons (Fsp3) is 0.667. The van der Waals surface area contributed by atoms with E-state index in [1.165, 1.54) is 0 Å². The first kappa shape index (κ1) is 14.2. The molecule has 0 aliphatic carbocycles. The zero-order valence-electron chi connectivity index (χ0n) is 10.0. The van der Waals surface area contributed by atoms with Gasteiger partial charge in [-0.3, -0.25) is 20.4 Å². The zero-order chi connectivity index (χ0) is 13.5. The van der Waals surface area contributed by atoms with Gasteiger partial charge in [0.05, 0.1) is 0 Å². The summed E-state index contributed by atoms with van der Waals surface area (Å²) in [6, 6.07) is -0.176. The van der Waals surface area contributed by atoms with E-state index in [9.17, 15) is 14.4 Å². The molecule has 0 aromatic carbocycles. The van der Waals surface area contributed by atoms with Crippen LogP contribution in [0.1, 0.15) is 12.8 Å². The van der Waals surface area contributed by atoms with Crippen LogP contribution in [-0.2, 0) is 9.59 Å². The van der Waals surface area contributed by atoms with Crippen LogP contribution < -0.4 is 22.5 Å². The maximum atomic E-state index is 11.8. The van der Waals surface area contributed by atoms with Crippen LogP contribution in [0.2, 0.25) is 0 Å². The largest absolute Gasteiger partial charge is 0.322 e. The molecule has 0 saturated carbocycles. The molecule has 1 rings (SSSR count). The number of amides is 4. The minimum absolute atomic E-state index is 0.166. The van der Waals surface area contributed by atoms with E-state index in [1.807, 2.05) is 10.9 Å². The van der Waals surface area contributed by atoms with Gasteiger partial charge in [0.25, 0.3) is 0 Å². The summed E-state index contributed by atoms with van der Waals surface area (Å²) in [6.07, 6.45) is 0.332. The topological polar surface area (TPSA) is 134 Å². The van der Waals surface area contributed by atoms with Crippen LogP contribution in [0.3, 0.4) is 0 Å². The third-order valence-corrected chi connectivity index (χ3v) is 2.72. The van der Waals surface area contributed by atoms with Gasteiger partial charge in [-0.2, -0.15) is 0 Å². The molecule has 9 nitrogen and oxygen atoms in total. The molecule has 1 fully saturated rings. The van der Waals surface area contributed by atoms with Crippen LogP contribution in [0.15, 0.2) is 0 Å². The van der Waals surface area contributed by atoms with E-state index in [0.717, 1.165) is 0 Å². The number of carbonyl (C=O) groups is 3. The van der Waals surface area contributed by atoms with Crippen molar-refractivity contribution < 1.29 is 14.4 Å². The summed E-state index contributed by atoms with van der Waals surface area (Å²) in [4.78, 5) is 36.8. The Kier molecular flexibility index (Phi) is 5.33. The van der Waals surface area contributed by atoms with Crippen molar-refractivity contribution >= 4 is 17.8 Å². The van der Waals surface area contributed by atoms with Gasteiger partial charge in [0.15, 0.2) is 0 Å². The van der Waals surface area contributed by atoms with E-state index < -0.39 is 0 Å². The van der Waals surface area contributed by atoms with Gasteiger partial charge >= 0.3 is 6.03 Å². The Morgan fingerprint density at radius 2 is 1.39 bits per heavy atom. The predicted molar refractivity (Wildman–Crippen MR) is 62.4 cm³/mol. The maximum absolute atomic E-state index is 11.8. The lowest BCUT2D eigenvalue weighted by Gasteiger charge is -2.17. The van der Waals surface area contributed by atoms with Crippen molar-refractivity contribution in [3.8, 4) is 0 Å². The highest BCUT2D eigenvalue weighted by molar-refractivity contribution is 5.80. The van der Waals surface area contributed by atoms with Gasteiger partial charge in [-0.15, -0.1) is 0 Å². The Bertz CT molecular complexity index is 304.